The average molecular weight is 407 g/mol. The Morgan fingerprint density at radius 1 is 1.17 bits per heavy atom. The highest BCUT2D eigenvalue weighted by Crippen LogP contribution is 2.34. The van der Waals surface area contributed by atoms with Crippen LogP contribution in [-0.4, -0.2) is 33.3 Å². The molecule has 0 radical (unpaired) electrons. The van der Waals surface area contributed by atoms with Crippen LogP contribution in [0.4, 0.5) is 0 Å². The van der Waals surface area contributed by atoms with Crippen molar-refractivity contribution in [3.8, 4) is 11.5 Å². The fraction of sp³-hybridized carbons (Fsp3) is 0.278. The summed E-state index contributed by atoms with van der Waals surface area (Å²) in [5.74, 6) is -0.0568. The van der Waals surface area contributed by atoms with Gasteiger partial charge in [-0.05, 0) is 54.4 Å². The Hall–Kier alpha value is -1.79. The van der Waals surface area contributed by atoms with Crippen LogP contribution in [0.2, 0.25) is 0 Å². The number of hydrogen-bond donors (Lipinski definition) is 3. The van der Waals surface area contributed by atoms with Gasteiger partial charge in [-0.1, -0.05) is 34.1 Å². The van der Waals surface area contributed by atoms with E-state index in [9.17, 15) is 10.2 Å². The lowest BCUT2D eigenvalue weighted by Crippen LogP contribution is -2.43. The van der Waals surface area contributed by atoms with E-state index < -0.39 is 0 Å². The van der Waals surface area contributed by atoms with Gasteiger partial charge in [-0.15, -0.1) is 0 Å². The number of benzene rings is 2. The number of phenolic OH excluding ortho intramolecular Hbond substituents is 2. The Labute approximate surface area is 155 Å². The van der Waals surface area contributed by atoms with Gasteiger partial charge in [-0.3, -0.25) is 0 Å². The standard InChI is InChI=1S/C18H19BrN2O2S/c19-14-4-1-12(2-5-14)7-9-20-18(24)21-10-8-15-13(11-21)3-6-16(22)17(15)23/h1-6,22-23H,7-11H2,(H,20,24). The monoisotopic (exact) mass is 406 g/mol. The Morgan fingerprint density at radius 2 is 1.92 bits per heavy atom. The highest BCUT2D eigenvalue weighted by molar-refractivity contribution is 9.10. The summed E-state index contributed by atoms with van der Waals surface area (Å²) in [5, 5.41) is 23.6. The molecule has 0 aromatic heterocycles. The first-order chi connectivity index (χ1) is 11.5. The van der Waals surface area contributed by atoms with Gasteiger partial charge in [0, 0.05) is 29.7 Å². The van der Waals surface area contributed by atoms with Crippen LogP contribution in [0.5, 0.6) is 11.5 Å². The third kappa shape index (κ3) is 3.82. The van der Waals surface area contributed by atoms with Crippen LogP contribution in [-0.2, 0) is 19.4 Å². The molecule has 2 aromatic rings. The highest BCUT2D eigenvalue weighted by Gasteiger charge is 2.22. The fourth-order valence-corrected chi connectivity index (χ4v) is 3.40. The molecular formula is C18H19BrN2O2S. The van der Waals surface area contributed by atoms with Crippen molar-refractivity contribution in [1.82, 2.24) is 10.2 Å². The minimum Gasteiger partial charge on any atom is -0.504 e. The zero-order valence-electron chi connectivity index (χ0n) is 13.1. The number of aromatic hydroxyl groups is 2. The minimum atomic E-state index is -0.0580. The highest BCUT2D eigenvalue weighted by atomic mass is 79.9. The van der Waals surface area contributed by atoms with Gasteiger partial charge in [0.25, 0.3) is 0 Å². The summed E-state index contributed by atoms with van der Waals surface area (Å²) in [6.07, 6.45) is 1.58. The second-order valence-electron chi connectivity index (χ2n) is 5.85. The van der Waals surface area contributed by atoms with Crippen molar-refractivity contribution in [2.75, 3.05) is 13.1 Å². The summed E-state index contributed by atoms with van der Waals surface area (Å²) in [6, 6.07) is 11.7. The number of nitrogens with one attached hydrogen (secondary N) is 1. The van der Waals surface area contributed by atoms with Gasteiger partial charge >= 0.3 is 0 Å². The van der Waals surface area contributed by atoms with Crippen molar-refractivity contribution in [3.05, 3.63) is 57.6 Å². The molecule has 4 nitrogen and oxygen atoms in total. The molecule has 1 heterocycles. The van der Waals surface area contributed by atoms with Gasteiger partial charge in [-0.2, -0.15) is 0 Å². The molecule has 126 valence electrons. The van der Waals surface area contributed by atoms with E-state index in [0.717, 1.165) is 40.2 Å². The molecule has 3 N–H and O–H groups in total. The van der Waals surface area contributed by atoms with E-state index in [1.807, 2.05) is 18.2 Å². The summed E-state index contributed by atoms with van der Waals surface area (Å²) in [5.41, 5.74) is 3.09. The molecule has 0 unspecified atom stereocenters. The Bertz CT molecular complexity index is 749. The second-order valence-corrected chi connectivity index (χ2v) is 7.15. The third-order valence-electron chi connectivity index (χ3n) is 4.24. The molecule has 0 spiro atoms. The van der Waals surface area contributed by atoms with E-state index in [2.05, 4.69) is 38.3 Å². The zero-order valence-corrected chi connectivity index (χ0v) is 15.5. The van der Waals surface area contributed by atoms with Gasteiger partial charge in [0.05, 0.1) is 0 Å². The van der Waals surface area contributed by atoms with E-state index in [4.69, 9.17) is 12.2 Å². The van der Waals surface area contributed by atoms with Gasteiger partial charge in [-0.25, -0.2) is 0 Å². The zero-order chi connectivity index (χ0) is 17.1. The Morgan fingerprint density at radius 3 is 2.67 bits per heavy atom. The van der Waals surface area contributed by atoms with Crippen LogP contribution in [0.15, 0.2) is 40.9 Å². The van der Waals surface area contributed by atoms with E-state index >= 15 is 0 Å². The topological polar surface area (TPSA) is 55.7 Å². The summed E-state index contributed by atoms with van der Waals surface area (Å²) >= 11 is 8.93. The van der Waals surface area contributed by atoms with Crippen LogP contribution in [0.1, 0.15) is 16.7 Å². The molecule has 3 rings (SSSR count). The molecule has 6 heteroatoms. The molecule has 24 heavy (non-hydrogen) atoms. The number of hydrogen-bond acceptors (Lipinski definition) is 3. The smallest absolute Gasteiger partial charge is 0.169 e. The van der Waals surface area contributed by atoms with E-state index in [-0.39, 0.29) is 11.5 Å². The molecule has 0 saturated heterocycles. The molecule has 0 amide bonds. The largest absolute Gasteiger partial charge is 0.504 e. The van der Waals surface area contributed by atoms with Crippen LogP contribution in [0.25, 0.3) is 0 Å². The maximum absolute atomic E-state index is 9.93. The molecule has 0 aliphatic carbocycles. The lowest BCUT2D eigenvalue weighted by atomic mass is 9.98. The van der Waals surface area contributed by atoms with Crippen molar-refractivity contribution in [2.24, 2.45) is 0 Å². The number of nitrogens with zero attached hydrogens (tertiary/aromatic N) is 1. The second kappa shape index (κ2) is 7.40. The first-order valence-electron chi connectivity index (χ1n) is 7.84. The van der Waals surface area contributed by atoms with Gasteiger partial charge in [0.2, 0.25) is 0 Å². The van der Waals surface area contributed by atoms with Crippen molar-refractivity contribution in [3.63, 3.8) is 0 Å². The normalized spacial score (nSPS) is 13.5. The number of halogens is 1. The Kier molecular flexibility index (Phi) is 5.26. The Balaban J connectivity index is 1.54. The van der Waals surface area contributed by atoms with E-state index in [0.29, 0.717) is 13.0 Å². The van der Waals surface area contributed by atoms with Gasteiger partial charge < -0.3 is 20.4 Å². The predicted molar refractivity (Wildman–Crippen MR) is 102 cm³/mol. The molecule has 0 atom stereocenters. The summed E-state index contributed by atoms with van der Waals surface area (Å²) in [4.78, 5) is 2.09. The molecular weight excluding hydrogens is 388 g/mol. The number of fused-ring (bicyclic) bond motifs is 1. The summed E-state index contributed by atoms with van der Waals surface area (Å²) in [6.45, 7) is 2.16. The van der Waals surface area contributed by atoms with Crippen LogP contribution in [0.3, 0.4) is 0 Å². The molecule has 0 saturated carbocycles. The van der Waals surface area contributed by atoms with Crippen LogP contribution >= 0.6 is 28.1 Å². The van der Waals surface area contributed by atoms with Crippen LogP contribution in [0, 0.1) is 0 Å². The quantitative estimate of drug-likeness (QED) is 0.538. The van der Waals surface area contributed by atoms with Crippen molar-refractivity contribution in [2.45, 2.75) is 19.4 Å². The summed E-state index contributed by atoms with van der Waals surface area (Å²) < 4.78 is 1.08. The number of phenols is 2. The maximum atomic E-state index is 9.93. The van der Waals surface area contributed by atoms with Crippen LogP contribution < -0.4 is 5.32 Å². The fourth-order valence-electron chi connectivity index (χ4n) is 2.87. The average Bonchev–Trinajstić information content (AvgIpc) is 2.59. The SMILES string of the molecule is Oc1ccc2c(c1O)CCN(C(=S)NCCc1ccc(Br)cc1)C2. The first-order valence-corrected chi connectivity index (χ1v) is 9.04. The lowest BCUT2D eigenvalue weighted by Gasteiger charge is -2.31. The van der Waals surface area contributed by atoms with Crippen molar-refractivity contribution >= 4 is 33.3 Å². The van der Waals surface area contributed by atoms with E-state index in [1.54, 1.807) is 0 Å². The van der Waals surface area contributed by atoms with Gasteiger partial charge in [0.1, 0.15) is 0 Å². The molecule has 1 aliphatic rings. The molecule has 1 aliphatic heterocycles. The minimum absolute atomic E-state index is 0.00117. The third-order valence-corrected chi connectivity index (χ3v) is 5.17. The first kappa shape index (κ1) is 17.0. The maximum Gasteiger partial charge on any atom is 0.169 e. The molecule has 2 aromatic carbocycles. The number of rotatable bonds is 3. The van der Waals surface area contributed by atoms with Crippen molar-refractivity contribution < 1.29 is 10.2 Å². The molecule has 0 bridgehead atoms. The number of thiocarbonyl (C=S) groups is 1. The van der Waals surface area contributed by atoms with E-state index in [1.165, 1.54) is 11.6 Å². The predicted octanol–water partition coefficient (Wildman–Crippen LogP) is 3.34. The molecule has 0 fully saturated rings. The van der Waals surface area contributed by atoms with Crippen molar-refractivity contribution in [1.29, 1.82) is 0 Å². The van der Waals surface area contributed by atoms with Gasteiger partial charge in [0.15, 0.2) is 16.6 Å². The summed E-state index contributed by atoms with van der Waals surface area (Å²) in [7, 11) is 0. The lowest BCUT2D eigenvalue weighted by molar-refractivity contribution is 0.363.